The Kier molecular flexibility index (Phi) is 4.52. The van der Waals surface area contributed by atoms with Crippen molar-refractivity contribution in [3.8, 4) is 6.07 Å². The molecule has 1 fully saturated rings. The number of anilines is 1. The number of piperidine rings is 1. The van der Waals surface area contributed by atoms with E-state index in [1.807, 2.05) is 12.1 Å². The first-order valence-corrected chi connectivity index (χ1v) is 7.71. The monoisotopic (exact) mass is 320 g/mol. The number of benzene rings is 1. The number of hydrogen-bond acceptors (Lipinski definition) is 4. The lowest BCUT2D eigenvalue weighted by Gasteiger charge is -2.32. The SMILES string of the molecule is N#Cc1cccc(C(=O)N[C@H]2CCCN(c3cccnc3)C2=O)c1. The highest BCUT2D eigenvalue weighted by molar-refractivity contribution is 6.02. The summed E-state index contributed by atoms with van der Waals surface area (Å²) in [6.45, 7) is 0.612. The van der Waals surface area contributed by atoms with Gasteiger partial charge in [0.15, 0.2) is 0 Å². The van der Waals surface area contributed by atoms with Gasteiger partial charge in [-0.05, 0) is 43.2 Å². The third kappa shape index (κ3) is 3.25. The van der Waals surface area contributed by atoms with Crippen LogP contribution in [0.1, 0.15) is 28.8 Å². The minimum Gasteiger partial charge on any atom is -0.340 e. The van der Waals surface area contributed by atoms with Gasteiger partial charge in [0.2, 0.25) is 5.91 Å². The van der Waals surface area contributed by atoms with E-state index in [-0.39, 0.29) is 11.8 Å². The molecule has 1 N–H and O–H groups in total. The van der Waals surface area contributed by atoms with Crippen molar-refractivity contribution < 1.29 is 9.59 Å². The van der Waals surface area contributed by atoms with E-state index in [0.29, 0.717) is 24.1 Å². The number of nitrogens with zero attached hydrogens (tertiary/aromatic N) is 3. The van der Waals surface area contributed by atoms with Gasteiger partial charge in [-0.3, -0.25) is 14.6 Å². The minimum atomic E-state index is -0.572. The Morgan fingerprint density at radius 3 is 2.96 bits per heavy atom. The van der Waals surface area contributed by atoms with Crippen molar-refractivity contribution >= 4 is 17.5 Å². The van der Waals surface area contributed by atoms with E-state index in [9.17, 15) is 9.59 Å². The van der Waals surface area contributed by atoms with Crippen LogP contribution in [0.4, 0.5) is 5.69 Å². The van der Waals surface area contributed by atoms with Gasteiger partial charge in [-0.25, -0.2) is 0 Å². The molecule has 1 aliphatic rings. The molecule has 0 unspecified atom stereocenters. The molecule has 1 aromatic carbocycles. The maximum Gasteiger partial charge on any atom is 0.251 e. The van der Waals surface area contributed by atoms with E-state index in [1.54, 1.807) is 41.6 Å². The van der Waals surface area contributed by atoms with Crippen molar-refractivity contribution in [2.75, 3.05) is 11.4 Å². The molecule has 1 saturated heterocycles. The first-order valence-electron chi connectivity index (χ1n) is 7.71. The highest BCUT2D eigenvalue weighted by atomic mass is 16.2. The summed E-state index contributed by atoms with van der Waals surface area (Å²) < 4.78 is 0. The molecular weight excluding hydrogens is 304 g/mol. The predicted octanol–water partition coefficient (Wildman–Crippen LogP) is 1.88. The first kappa shape index (κ1) is 15.7. The number of pyridine rings is 1. The van der Waals surface area contributed by atoms with Crippen LogP contribution in [0.25, 0.3) is 0 Å². The summed E-state index contributed by atoms with van der Waals surface area (Å²) in [5.41, 5.74) is 1.52. The molecule has 1 aromatic heterocycles. The molecule has 6 heteroatoms. The maximum atomic E-state index is 12.6. The second-order valence-corrected chi connectivity index (χ2v) is 5.56. The van der Waals surface area contributed by atoms with Gasteiger partial charge < -0.3 is 10.2 Å². The Bertz CT molecular complexity index is 798. The lowest BCUT2D eigenvalue weighted by molar-refractivity contribution is -0.121. The number of nitriles is 1. The third-order valence-corrected chi connectivity index (χ3v) is 3.96. The molecule has 2 heterocycles. The smallest absolute Gasteiger partial charge is 0.251 e. The number of carbonyl (C=O) groups is 2. The number of amides is 2. The van der Waals surface area contributed by atoms with Crippen molar-refractivity contribution in [1.82, 2.24) is 10.3 Å². The Hall–Kier alpha value is -3.20. The number of hydrogen-bond donors (Lipinski definition) is 1. The van der Waals surface area contributed by atoms with Crippen LogP contribution in [0.15, 0.2) is 48.8 Å². The molecule has 1 atom stereocenters. The molecule has 3 rings (SSSR count). The summed E-state index contributed by atoms with van der Waals surface area (Å²) >= 11 is 0. The number of nitrogens with one attached hydrogen (secondary N) is 1. The summed E-state index contributed by atoms with van der Waals surface area (Å²) in [6.07, 6.45) is 4.68. The Balaban J connectivity index is 1.74. The topological polar surface area (TPSA) is 86.1 Å². The second-order valence-electron chi connectivity index (χ2n) is 5.56. The van der Waals surface area contributed by atoms with Gasteiger partial charge in [0.1, 0.15) is 6.04 Å². The fraction of sp³-hybridized carbons (Fsp3) is 0.222. The van der Waals surface area contributed by atoms with Crippen molar-refractivity contribution in [3.05, 3.63) is 59.9 Å². The van der Waals surface area contributed by atoms with Crippen LogP contribution >= 0.6 is 0 Å². The largest absolute Gasteiger partial charge is 0.340 e. The van der Waals surface area contributed by atoms with E-state index >= 15 is 0 Å². The zero-order chi connectivity index (χ0) is 16.9. The Morgan fingerprint density at radius 1 is 1.33 bits per heavy atom. The summed E-state index contributed by atoms with van der Waals surface area (Å²) in [5, 5.41) is 11.7. The van der Waals surface area contributed by atoms with Crippen molar-refractivity contribution in [2.45, 2.75) is 18.9 Å². The highest BCUT2D eigenvalue weighted by Crippen LogP contribution is 2.20. The number of aromatic nitrogens is 1. The first-order chi connectivity index (χ1) is 11.7. The quantitative estimate of drug-likeness (QED) is 0.935. The lowest BCUT2D eigenvalue weighted by Crippen LogP contribution is -2.52. The molecule has 24 heavy (non-hydrogen) atoms. The van der Waals surface area contributed by atoms with E-state index in [0.717, 1.165) is 12.1 Å². The Labute approximate surface area is 139 Å². The minimum absolute atomic E-state index is 0.140. The summed E-state index contributed by atoms with van der Waals surface area (Å²) in [7, 11) is 0. The molecule has 1 aliphatic heterocycles. The summed E-state index contributed by atoms with van der Waals surface area (Å²) in [6, 6.07) is 11.5. The fourth-order valence-electron chi connectivity index (χ4n) is 2.75. The van der Waals surface area contributed by atoms with Gasteiger partial charge in [0.25, 0.3) is 5.91 Å². The molecule has 0 radical (unpaired) electrons. The van der Waals surface area contributed by atoms with Gasteiger partial charge in [-0.2, -0.15) is 5.26 Å². The predicted molar refractivity (Wildman–Crippen MR) is 88.2 cm³/mol. The van der Waals surface area contributed by atoms with Crippen molar-refractivity contribution in [2.24, 2.45) is 0 Å². The van der Waals surface area contributed by atoms with Gasteiger partial charge in [-0.1, -0.05) is 6.07 Å². The summed E-state index contributed by atoms with van der Waals surface area (Å²) in [5.74, 6) is -0.488. The van der Waals surface area contributed by atoms with E-state index < -0.39 is 6.04 Å². The van der Waals surface area contributed by atoms with Crippen LogP contribution < -0.4 is 10.2 Å². The standard InChI is InChI=1S/C18H16N4O2/c19-11-13-4-1-5-14(10-13)17(23)21-16-7-3-9-22(18(16)24)15-6-2-8-20-12-15/h1-2,4-6,8,10,12,16H,3,7,9H2,(H,21,23)/t16-/m0/s1. The van der Waals surface area contributed by atoms with Crippen LogP contribution in [0, 0.1) is 11.3 Å². The number of carbonyl (C=O) groups excluding carboxylic acids is 2. The average Bonchev–Trinajstić information content (AvgIpc) is 2.64. The molecule has 0 saturated carbocycles. The maximum absolute atomic E-state index is 12.6. The van der Waals surface area contributed by atoms with Gasteiger partial charge >= 0.3 is 0 Å². The van der Waals surface area contributed by atoms with Crippen LogP contribution in [-0.4, -0.2) is 29.4 Å². The molecule has 2 aromatic rings. The van der Waals surface area contributed by atoms with E-state index in [1.165, 1.54) is 6.07 Å². The van der Waals surface area contributed by atoms with Gasteiger partial charge in [-0.15, -0.1) is 0 Å². The second kappa shape index (κ2) is 6.92. The molecule has 0 bridgehead atoms. The highest BCUT2D eigenvalue weighted by Gasteiger charge is 2.31. The lowest BCUT2D eigenvalue weighted by atomic mass is 10.0. The Morgan fingerprint density at radius 2 is 2.21 bits per heavy atom. The van der Waals surface area contributed by atoms with Crippen LogP contribution in [0.2, 0.25) is 0 Å². The normalized spacial score (nSPS) is 17.2. The van der Waals surface area contributed by atoms with Crippen LogP contribution in [-0.2, 0) is 4.79 Å². The third-order valence-electron chi connectivity index (χ3n) is 3.96. The van der Waals surface area contributed by atoms with E-state index in [4.69, 9.17) is 5.26 Å². The molecule has 120 valence electrons. The van der Waals surface area contributed by atoms with Gasteiger partial charge in [0.05, 0.1) is 23.5 Å². The molecule has 2 amide bonds. The zero-order valence-electron chi connectivity index (χ0n) is 13.0. The molecule has 0 spiro atoms. The number of rotatable bonds is 3. The van der Waals surface area contributed by atoms with Crippen LogP contribution in [0.3, 0.4) is 0 Å². The average molecular weight is 320 g/mol. The zero-order valence-corrected chi connectivity index (χ0v) is 13.0. The van der Waals surface area contributed by atoms with E-state index in [2.05, 4.69) is 10.3 Å². The van der Waals surface area contributed by atoms with Gasteiger partial charge in [0, 0.05) is 18.3 Å². The molecule has 6 nitrogen and oxygen atoms in total. The van der Waals surface area contributed by atoms with Crippen molar-refractivity contribution in [3.63, 3.8) is 0 Å². The summed E-state index contributed by atoms with van der Waals surface area (Å²) in [4.78, 5) is 30.7. The fourth-order valence-corrected chi connectivity index (χ4v) is 2.75. The van der Waals surface area contributed by atoms with Crippen LogP contribution in [0.5, 0.6) is 0 Å². The molecule has 0 aliphatic carbocycles. The molecular formula is C18H16N4O2. The van der Waals surface area contributed by atoms with Crippen molar-refractivity contribution in [1.29, 1.82) is 5.26 Å².